The van der Waals surface area contributed by atoms with E-state index < -0.39 is 30.4 Å². The Hall–Kier alpha value is -1.50. The molecule has 92 valence electrons. The van der Waals surface area contributed by atoms with E-state index in [1.54, 1.807) is 25.3 Å². The third-order valence-corrected chi connectivity index (χ3v) is 2.88. The Morgan fingerprint density at radius 1 is 1.47 bits per heavy atom. The van der Waals surface area contributed by atoms with Crippen molar-refractivity contribution in [2.75, 3.05) is 0 Å². The maximum absolute atomic E-state index is 11.0. The lowest BCUT2D eigenvalue weighted by Gasteiger charge is -2.09. The molecule has 6 nitrogen and oxygen atoms in total. The first-order chi connectivity index (χ1) is 8.00. The summed E-state index contributed by atoms with van der Waals surface area (Å²) in [6, 6.07) is 3.20. The Labute approximate surface area is 98.2 Å². The summed E-state index contributed by atoms with van der Waals surface area (Å²) in [6.07, 6.45) is -0.00612. The van der Waals surface area contributed by atoms with Gasteiger partial charge >= 0.3 is 0 Å². The lowest BCUT2D eigenvalue weighted by atomic mass is 10.1. The molecule has 6 heteroatoms. The molecular formula is C11H15N2O4+. The molecule has 2 unspecified atom stereocenters. The molecule has 4 N–H and O–H groups in total. The number of nitrogens with two attached hydrogens (primary N) is 1. The van der Waals surface area contributed by atoms with E-state index in [-0.39, 0.29) is 0 Å². The number of hydrogen-bond donors (Lipinski definition) is 3. The number of aliphatic hydroxyl groups excluding tert-OH is 2. The Balaban J connectivity index is 2.29. The number of carbonyl (C=O) groups is 1. The van der Waals surface area contributed by atoms with Gasteiger partial charge in [0.2, 0.25) is 0 Å². The lowest BCUT2D eigenvalue weighted by Crippen LogP contribution is -2.46. The summed E-state index contributed by atoms with van der Waals surface area (Å²) in [4.78, 5) is 11.0. The van der Waals surface area contributed by atoms with Crippen LogP contribution in [0.2, 0.25) is 0 Å². The highest BCUT2D eigenvalue weighted by atomic mass is 16.6. The molecule has 1 saturated heterocycles. The first-order valence-corrected chi connectivity index (χ1v) is 5.33. The molecule has 1 aliphatic rings. The molecule has 0 aliphatic carbocycles. The quantitative estimate of drug-likeness (QED) is 0.559. The molecule has 0 bridgehead atoms. The lowest BCUT2D eigenvalue weighted by molar-refractivity contribution is -0.765. The fourth-order valence-electron chi connectivity index (χ4n) is 1.87. The number of hydrogen-bond acceptors (Lipinski definition) is 4. The summed E-state index contributed by atoms with van der Waals surface area (Å²) in [5.41, 5.74) is 5.48. The largest absolute Gasteiger partial charge is 0.387 e. The summed E-state index contributed by atoms with van der Waals surface area (Å²) < 4.78 is 6.94. The molecule has 1 fully saturated rings. The molecule has 1 amide bonds. The molecule has 4 atom stereocenters. The van der Waals surface area contributed by atoms with Crippen molar-refractivity contribution in [3.63, 3.8) is 0 Å². The van der Waals surface area contributed by atoms with Gasteiger partial charge in [0.1, 0.15) is 11.7 Å². The van der Waals surface area contributed by atoms with Gasteiger partial charge in [0.15, 0.2) is 18.5 Å². The average Bonchev–Trinajstić information content (AvgIpc) is 2.57. The predicted molar refractivity (Wildman–Crippen MR) is 56.8 cm³/mol. The number of aromatic nitrogens is 1. The van der Waals surface area contributed by atoms with E-state index in [0.29, 0.717) is 5.56 Å². The van der Waals surface area contributed by atoms with E-state index in [1.807, 2.05) is 0 Å². The minimum Gasteiger partial charge on any atom is -0.387 e. The Bertz CT molecular complexity index is 437. The van der Waals surface area contributed by atoms with Crippen LogP contribution in [0.5, 0.6) is 0 Å². The van der Waals surface area contributed by atoms with Gasteiger partial charge in [0.25, 0.3) is 12.1 Å². The highest BCUT2D eigenvalue weighted by Gasteiger charge is 2.46. The van der Waals surface area contributed by atoms with Crippen LogP contribution < -0.4 is 10.3 Å². The van der Waals surface area contributed by atoms with Crippen LogP contribution >= 0.6 is 0 Å². The molecule has 0 spiro atoms. The number of aliphatic hydroxyl groups is 2. The van der Waals surface area contributed by atoms with Gasteiger partial charge in [-0.3, -0.25) is 4.79 Å². The van der Waals surface area contributed by atoms with Gasteiger partial charge in [0, 0.05) is 6.07 Å². The van der Waals surface area contributed by atoms with E-state index in [4.69, 9.17) is 10.5 Å². The van der Waals surface area contributed by atoms with Crippen molar-refractivity contribution in [1.29, 1.82) is 0 Å². The van der Waals surface area contributed by atoms with Crippen LogP contribution in [0.15, 0.2) is 24.5 Å². The second-order valence-electron chi connectivity index (χ2n) is 4.12. The average molecular weight is 239 g/mol. The van der Waals surface area contributed by atoms with Gasteiger partial charge < -0.3 is 20.7 Å². The third kappa shape index (κ3) is 2.14. The Kier molecular flexibility index (Phi) is 3.10. The number of primary amides is 1. The van der Waals surface area contributed by atoms with Crippen LogP contribution in [0, 0.1) is 0 Å². The normalized spacial score (nSPS) is 32.6. The number of ether oxygens (including phenoxy) is 1. The Morgan fingerprint density at radius 3 is 2.71 bits per heavy atom. The number of amides is 1. The summed E-state index contributed by atoms with van der Waals surface area (Å²) in [5.74, 6) is -0.555. The van der Waals surface area contributed by atoms with Crippen molar-refractivity contribution in [2.45, 2.75) is 31.5 Å². The number of nitrogens with zero attached hydrogens (tertiary/aromatic N) is 1. The second kappa shape index (κ2) is 4.40. The molecule has 17 heavy (non-hydrogen) atoms. The smallest absolute Gasteiger partial charge is 0.291 e. The molecule has 0 saturated carbocycles. The minimum atomic E-state index is -1.03. The van der Waals surface area contributed by atoms with Gasteiger partial charge in [0.05, 0.1) is 6.10 Å². The van der Waals surface area contributed by atoms with Gasteiger partial charge in [-0.2, -0.15) is 4.57 Å². The van der Waals surface area contributed by atoms with Gasteiger partial charge in [-0.05, 0) is 13.0 Å². The monoisotopic (exact) mass is 239 g/mol. The first-order valence-electron chi connectivity index (χ1n) is 5.33. The van der Waals surface area contributed by atoms with Crippen molar-refractivity contribution < 1.29 is 24.3 Å². The predicted octanol–water partition coefficient (Wildman–Crippen LogP) is -1.29. The SMILES string of the molecule is CC1OC([n+]2cccc(C(N)=O)c2)[C@H](O)[C@@H]1O. The van der Waals surface area contributed by atoms with Crippen LogP contribution in [0.1, 0.15) is 23.5 Å². The van der Waals surface area contributed by atoms with Gasteiger partial charge in [-0.15, -0.1) is 0 Å². The summed E-state index contributed by atoms with van der Waals surface area (Å²) in [6.45, 7) is 1.67. The zero-order valence-electron chi connectivity index (χ0n) is 9.35. The van der Waals surface area contributed by atoms with Crippen molar-refractivity contribution in [3.8, 4) is 0 Å². The van der Waals surface area contributed by atoms with Crippen molar-refractivity contribution in [2.24, 2.45) is 5.73 Å². The van der Waals surface area contributed by atoms with Crippen LogP contribution in [-0.4, -0.2) is 34.4 Å². The standard InChI is InChI=1S/C11H14N2O4/c1-6-8(14)9(15)11(17-6)13-4-2-3-7(5-13)10(12)16/h2-6,8-9,11,14-15H,1H3,(H-,12,16)/p+1/t6?,8-,9-,11?/m1/s1. The fourth-order valence-corrected chi connectivity index (χ4v) is 1.87. The van der Waals surface area contributed by atoms with Crippen molar-refractivity contribution >= 4 is 5.91 Å². The topological polar surface area (TPSA) is 96.7 Å². The maximum atomic E-state index is 11.0. The van der Waals surface area contributed by atoms with E-state index in [1.165, 1.54) is 10.8 Å². The van der Waals surface area contributed by atoms with E-state index >= 15 is 0 Å². The number of carbonyl (C=O) groups excluding carboxylic acids is 1. The zero-order chi connectivity index (χ0) is 12.6. The minimum absolute atomic E-state index is 0.317. The first kappa shape index (κ1) is 12.0. The molecular weight excluding hydrogens is 224 g/mol. The van der Waals surface area contributed by atoms with Crippen LogP contribution in [0.25, 0.3) is 0 Å². The third-order valence-electron chi connectivity index (χ3n) is 2.88. The van der Waals surface area contributed by atoms with Crippen LogP contribution in [-0.2, 0) is 4.74 Å². The molecule has 1 aliphatic heterocycles. The molecule has 0 aromatic carbocycles. The molecule has 0 radical (unpaired) electrons. The molecule has 1 aromatic heterocycles. The van der Waals surface area contributed by atoms with Gasteiger partial charge in [-0.1, -0.05) is 0 Å². The second-order valence-corrected chi connectivity index (χ2v) is 4.12. The maximum Gasteiger partial charge on any atom is 0.291 e. The van der Waals surface area contributed by atoms with Gasteiger partial charge in [-0.25, -0.2) is 0 Å². The van der Waals surface area contributed by atoms with Crippen molar-refractivity contribution in [1.82, 2.24) is 0 Å². The summed E-state index contributed by atoms with van der Waals surface area (Å²) in [5, 5.41) is 19.4. The fraction of sp³-hybridized carbons (Fsp3) is 0.455. The number of pyridine rings is 1. The van der Waals surface area contributed by atoms with E-state index in [2.05, 4.69) is 0 Å². The molecule has 2 heterocycles. The number of rotatable bonds is 2. The molecule has 2 rings (SSSR count). The highest BCUT2D eigenvalue weighted by Crippen LogP contribution is 2.24. The summed E-state index contributed by atoms with van der Waals surface area (Å²) in [7, 11) is 0. The van der Waals surface area contributed by atoms with E-state index in [9.17, 15) is 15.0 Å². The Morgan fingerprint density at radius 2 is 2.18 bits per heavy atom. The van der Waals surface area contributed by atoms with Crippen LogP contribution in [0.4, 0.5) is 0 Å². The zero-order valence-corrected chi connectivity index (χ0v) is 9.35. The van der Waals surface area contributed by atoms with Crippen LogP contribution in [0.3, 0.4) is 0 Å². The highest BCUT2D eigenvalue weighted by molar-refractivity contribution is 5.92. The van der Waals surface area contributed by atoms with E-state index in [0.717, 1.165) is 0 Å². The summed E-state index contributed by atoms with van der Waals surface area (Å²) >= 11 is 0. The van der Waals surface area contributed by atoms with Crippen molar-refractivity contribution in [3.05, 3.63) is 30.1 Å². The molecule has 1 aromatic rings.